The average Bonchev–Trinajstić information content (AvgIpc) is 2.43. The van der Waals surface area contributed by atoms with Crippen LogP contribution < -0.4 is 4.74 Å². The van der Waals surface area contributed by atoms with Gasteiger partial charge >= 0.3 is 0 Å². The minimum absolute atomic E-state index is 0.00310. The molecule has 0 aliphatic rings. The lowest BCUT2D eigenvalue weighted by atomic mass is 10.2. The highest BCUT2D eigenvalue weighted by molar-refractivity contribution is 5.52. The first-order valence-electron chi connectivity index (χ1n) is 5.33. The average molecular weight is 276 g/mol. The van der Waals surface area contributed by atoms with Gasteiger partial charge in [-0.2, -0.15) is 9.65 Å². The van der Waals surface area contributed by atoms with Crippen molar-refractivity contribution in [2.75, 3.05) is 0 Å². The molecular weight excluding hydrogens is 270 g/mol. The first-order valence-corrected chi connectivity index (χ1v) is 5.33. The van der Waals surface area contributed by atoms with Crippen molar-refractivity contribution in [2.24, 2.45) is 0 Å². The number of ether oxygens (including phenoxy) is 1. The van der Waals surface area contributed by atoms with Gasteiger partial charge in [-0.3, -0.25) is 10.1 Å². The van der Waals surface area contributed by atoms with E-state index in [1.165, 1.54) is 18.2 Å². The number of hydrogen-bond acceptors (Lipinski definition) is 4. The van der Waals surface area contributed by atoms with Gasteiger partial charge in [0.15, 0.2) is 11.6 Å². The van der Waals surface area contributed by atoms with Crippen LogP contribution in [0.2, 0.25) is 0 Å². The van der Waals surface area contributed by atoms with E-state index < -0.39 is 16.6 Å². The zero-order valence-electron chi connectivity index (χ0n) is 9.84. The third kappa shape index (κ3) is 2.54. The van der Waals surface area contributed by atoms with Crippen molar-refractivity contribution in [3.63, 3.8) is 0 Å². The summed E-state index contributed by atoms with van der Waals surface area (Å²) in [7, 11) is 0. The molecular formula is C13H6F2N2O3. The van der Waals surface area contributed by atoms with Gasteiger partial charge in [0.25, 0.3) is 5.69 Å². The normalized spacial score (nSPS) is 9.85. The molecule has 2 rings (SSSR count). The molecule has 0 aromatic heterocycles. The summed E-state index contributed by atoms with van der Waals surface area (Å²) in [5, 5.41) is 19.5. The van der Waals surface area contributed by atoms with Gasteiger partial charge in [-0.15, -0.1) is 0 Å². The van der Waals surface area contributed by atoms with Crippen LogP contribution in [-0.4, -0.2) is 4.92 Å². The van der Waals surface area contributed by atoms with E-state index in [-0.39, 0.29) is 22.7 Å². The summed E-state index contributed by atoms with van der Waals surface area (Å²) < 4.78 is 31.5. The summed E-state index contributed by atoms with van der Waals surface area (Å²) in [5.41, 5.74) is -0.621. The molecule has 0 aliphatic heterocycles. The van der Waals surface area contributed by atoms with E-state index in [2.05, 4.69) is 0 Å². The van der Waals surface area contributed by atoms with Crippen molar-refractivity contribution < 1.29 is 18.4 Å². The predicted octanol–water partition coefficient (Wildman–Crippen LogP) is 3.54. The van der Waals surface area contributed by atoms with E-state index in [0.29, 0.717) is 0 Å². The van der Waals surface area contributed by atoms with Crippen molar-refractivity contribution in [1.82, 2.24) is 0 Å². The zero-order valence-corrected chi connectivity index (χ0v) is 9.84. The SMILES string of the molecule is N#Cc1cc(Oc2cccc(F)c2F)ccc1[N+](=O)[O-]. The Hall–Kier alpha value is -3.01. The van der Waals surface area contributed by atoms with Crippen molar-refractivity contribution in [3.8, 4) is 17.6 Å². The van der Waals surface area contributed by atoms with Crippen LogP contribution in [0.15, 0.2) is 36.4 Å². The smallest absolute Gasteiger partial charge is 0.287 e. The van der Waals surface area contributed by atoms with Crippen molar-refractivity contribution in [1.29, 1.82) is 5.26 Å². The number of rotatable bonds is 3. The molecule has 5 nitrogen and oxygen atoms in total. The van der Waals surface area contributed by atoms with Gasteiger partial charge in [0.2, 0.25) is 5.82 Å². The molecule has 2 aromatic rings. The topological polar surface area (TPSA) is 76.2 Å². The number of nitro benzene ring substituents is 1. The summed E-state index contributed by atoms with van der Waals surface area (Å²) in [5.74, 6) is -2.63. The Kier molecular flexibility index (Phi) is 3.57. The Balaban J connectivity index is 2.38. The van der Waals surface area contributed by atoms with Gasteiger partial charge in [-0.1, -0.05) is 6.07 Å². The molecule has 2 aromatic carbocycles. The van der Waals surface area contributed by atoms with E-state index in [1.54, 1.807) is 6.07 Å². The van der Waals surface area contributed by atoms with Crippen molar-refractivity contribution in [3.05, 3.63) is 63.7 Å². The lowest BCUT2D eigenvalue weighted by molar-refractivity contribution is -0.385. The number of nitriles is 1. The summed E-state index contributed by atoms with van der Waals surface area (Å²) in [6.45, 7) is 0. The predicted molar refractivity (Wildman–Crippen MR) is 64.2 cm³/mol. The minimum atomic E-state index is -1.18. The fourth-order valence-corrected chi connectivity index (χ4v) is 1.52. The van der Waals surface area contributed by atoms with Crippen LogP contribution in [0.5, 0.6) is 11.5 Å². The van der Waals surface area contributed by atoms with Crippen LogP contribution in [0.3, 0.4) is 0 Å². The van der Waals surface area contributed by atoms with Crippen LogP contribution in [0.1, 0.15) is 5.56 Å². The minimum Gasteiger partial charge on any atom is -0.454 e. The summed E-state index contributed by atoms with van der Waals surface area (Å²) >= 11 is 0. The summed E-state index contributed by atoms with van der Waals surface area (Å²) in [6.07, 6.45) is 0. The molecule has 0 amide bonds. The molecule has 20 heavy (non-hydrogen) atoms. The van der Waals surface area contributed by atoms with E-state index >= 15 is 0 Å². The molecule has 0 unspecified atom stereocenters. The standard InChI is InChI=1S/C13H6F2N2O3/c14-10-2-1-3-12(13(10)15)20-9-4-5-11(17(18)19)8(6-9)7-16/h1-6H. The second-order valence-electron chi connectivity index (χ2n) is 3.70. The third-order valence-electron chi connectivity index (χ3n) is 2.43. The van der Waals surface area contributed by atoms with Crippen molar-refractivity contribution in [2.45, 2.75) is 0 Å². The number of hydrogen-bond donors (Lipinski definition) is 0. The summed E-state index contributed by atoms with van der Waals surface area (Å²) in [4.78, 5) is 9.94. The van der Waals surface area contributed by atoms with Gasteiger partial charge in [0.1, 0.15) is 17.4 Å². The van der Waals surface area contributed by atoms with Gasteiger partial charge in [0.05, 0.1) is 4.92 Å². The van der Waals surface area contributed by atoms with Gasteiger partial charge in [0, 0.05) is 12.1 Å². The second kappa shape index (κ2) is 5.32. The number of nitro groups is 1. The second-order valence-corrected chi connectivity index (χ2v) is 3.70. The molecule has 0 aliphatic carbocycles. The quantitative estimate of drug-likeness (QED) is 0.634. The van der Waals surface area contributed by atoms with Crippen LogP contribution in [-0.2, 0) is 0 Å². The van der Waals surface area contributed by atoms with Crippen molar-refractivity contribution >= 4 is 5.69 Å². The van der Waals surface area contributed by atoms with Crippen LogP contribution in [0.25, 0.3) is 0 Å². The van der Waals surface area contributed by atoms with Crippen LogP contribution >= 0.6 is 0 Å². The molecule has 0 fully saturated rings. The number of benzene rings is 2. The molecule has 0 saturated carbocycles. The van der Waals surface area contributed by atoms with E-state index in [1.807, 2.05) is 0 Å². The Morgan fingerprint density at radius 1 is 1.25 bits per heavy atom. The highest BCUT2D eigenvalue weighted by atomic mass is 19.2. The Morgan fingerprint density at radius 2 is 2.00 bits per heavy atom. The largest absolute Gasteiger partial charge is 0.454 e. The highest BCUT2D eigenvalue weighted by Gasteiger charge is 2.16. The van der Waals surface area contributed by atoms with Gasteiger partial charge in [-0.25, -0.2) is 4.39 Å². The van der Waals surface area contributed by atoms with Gasteiger partial charge in [-0.05, 0) is 18.2 Å². The van der Waals surface area contributed by atoms with Gasteiger partial charge < -0.3 is 4.74 Å². The molecule has 0 atom stereocenters. The lowest BCUT2D eigenvalue weighted by Crippen LogP contribution is -1.95. The fraction of sp³-hybridized carbons (Fsp3) is 0. The highest BCUT2D eigenvalue weighted by Crippen LogP contribution is 2.29. The number of nitrogens with zero attached hydrogens (tertiary/aromatic N) is 2. The maximum Gasteiger partial charge on any atom is 0.287 e. The first kappa shape index (κ1) is 13.4. The molecule has 0 heterocycles. The maximum atomic E-state index is 13.4. The van der Waals surface area contributed by atoms with Crippen LogP contribution in [0.4, 0.5) is 14.5 Å². The van der Waals surface area contributed by atoms with E-state index in [9.17, 15) is 18.9 Å². The Labute approximate surface area is 111 Å². The summed E-state index contributed by atoms with van der Waals surface area (Å²) in [6, 6.07) is 8.37. The van der Waals surface area contributed by atoms with Crippen LogP contribution in [0, 0.1) is 33.1 Å². The van der Waals surface area contributed by atoms with E-state index in [0.717, 1.165) is 18.2 Å². The molecule has 0 saturated heterocycles. The third-order valence-corrected chi connectivity index (χ3v) is 2.43. The molecule has 7 heteroatoms. The molecule has 0 radical (unpaired) electrons. The maximum absolute atomic E-state index is 13.4. The lowest BCUT2D eigenvalue weighted by Gasteiger charge is -2.07. The zero-order chi connectivity index (χ0) is 14.7. The monoisotopic (exact) mass is 276 g/mol. The number of halogens is 2. The first-order chi connectivity index (χ1) is 9.52. The molecule has 0 N–H and O–H groups in total. The molecule has 0 spiro atoms. The Morgan fingerprint density at radius 3 is 2.65 bits per heavy atom. The molecule has 0 bridgehead atoms. The Bertz CT molecular complexity index is 726. The molecule has 100 valence electrons. The fourth-order valence-electron chi connectivity index (χ4n) is 1.52. The van der Waals surface area contributed by atoms with E-state index in [4.69, 9.17) is 10.00 Å².